The molecule has 5 heteroatoms. The van der Waals surface area contributed by atoms with E-state index in [0.29, 0.717) is 16.9 Å². The van der Waals surface area contributed by atoms with Crippen molar-refractivity contribution in [3.63, 3.8) is 0 Å². The Kier molecular flexibility index (Phi) is 4.91. The summed E-state index contributed by atoms with van der Waals surface area (Å²) in [5.41, 5.74) is 6.03. The van der Waals surface area contributed by atoms with E-state index < -0.39 is 0 Å². The van der Waals surface area contributed by atoms with Gasteiger partial charge in [-0.15, -0.1) is 0 Å². The average Bonchev–Trinajstić information content (AvgIpc) is 3.02. The monoisotopic (exact) mass is 356 g/mol. The largest absolute Gasteiger partial charge is 0.289 e. The zero-order chi connectivity index (χ0) is 19.6. The Morgan fingerprint density at radius 3 is 2.63 bits per heavy atom. The fourth-order valence-electron chi connectivity index (χ4n) is 2.96. The Hall–Kier alpha value is -3.65. The Bertz CT molecular complexity index is 1180. The molecule has 0 spiro atoms. The molecule has 0 radical (unpaired) electrons. The summed E-state index contributed by atoms with van der Waals surface area (Å²) < 4.78 is 1.46. The molecule has 2 heterocycles. The van der Waals surface area contributed by atoms with Crippen molar-refractivity contribution in [3.05, 3.63) is 87.9 Å². The van der Waals surface area contributed by atoms with E-state index in [4.69, 9.17) is 5.26 Å². The molecule has 0 bridgehead atoms. The molecule has 2 aromatic heterocycles. The summed E-state index contributed by atoms with van der Waals surface area (Å²) in [7, 11) is 0. The van der Waals surface area contributed by atoms with Crippen molar-refractivity contribution in [1.82, 2.24) is 14.6 Å². The van der Waals surface area contributed by atoms with Crippen molar-refractivity contribution in [2.24, 2.45) is 0 Å². The van der Waals surface area contributed by atoms with E-state index in [1.165, 1.54) is 10.6 Å². The highest BCUT2D eigenvalue weighted by Crippen LogP contribution is 2.26. The summed E-state index contributed by atoms with van der Waals surface area (Å²) in [6.45, 7) is 9.71. The van der Waals surface area contributed by atoms with Crippen LogP contribution in [-0.4, -0.2) is 14.6 Å². The molecule has 0 aliphatic carbocycles. The molecular weight excluding hydrogens is 336 g/mol. The second kappa shape index (κ2) is 7.30. The van der Waals surface area contributed by atoms with Crippen LogP contribution in [0.3, 0.4) is 0 Å². The number of H-pyrrole nitrogens is 1. The molecule has 0 saturated heterocycles. The lowest BCUT2D eigenvalue weighted by atomic mass is 10.0. The highest BCUT2D eigenvalue weighted by molar-refractivity contribution is 5.80. The number of aryl methyl sites for hydroxylation is 1. The number of hydrogen-bond acceptors (Lipinski definition) is 3. The molecule has 0 amide bonds. The Balaban J connectivity index is 2.24. The smallest absolute Gasteiger partial charge is 0.273 e. The van der Waals surface area contributed by atoms with Gasteiger partial charge in [-0.25, -0.2) is 9.50 Å². The molecule has 1 aromatic carbocycles. The highest BCUT2D eigenvalue weighted by Gasteiger charge is 2.15. The summed E-state index contributed by atoms with van der Waals surface area (Å²) in [4.78, 5) is 17.4. The maximum atomic E-state index is 12.7. The minimum atomic E-state index is -0.190. The fourth-order valence-corrected chi connectivity index (χ4v) is 2.96. The number of nitrogens with zero attached hydrogens (tertiary/aromatic N) is 3. The summed E-state index contributed by atoms with van der Waals surface area (Å²) in [6.07, 6.45) is 5.73. The third-order valence-electron chi connectivity index (χ3n) is 4.50. The Morgan fingerprint density at radius 1 is 1.33 bits per heavy atom. The maximum Gasteiger partial charge on any atom is 0.273 e. The van der Waals surface area contributed by atoms with E-state index in [-0.39, 0.29) is 5.56 Å². The van der Waals surface area contributed by atoms with Crippen molar-refractivity contribution < 1.29 is 0 Å². The van der Waals surface area contributed by atoms with Gasteiger partial charge in [0.2, 0.25) is 0 Å². The van der Waals surface area contributed by atoms with Crippen LogP contribution in [0.1, 0.15) is 30.7 Å². The van der Waals surface area contributed by atoms with Gasteiger partial charge >= 0.3 is 0 Å². The molecule has 134 valence electrons. The van der Waals surface area contributed by atoms with E-state index >= 15 is 0 Å². The number of nitrogens with one attached hydrogen (secondary N) is 1. The molecule has 0 atom stereocenters. The molecule has 0 saturated carbocycles. The zero-order valence-corrected chi connectivity index (χ0v) is 15.6. The van der Waals surface area contributed by atoms with E-state index in [0.717, 1.165) is 28.0 Å². The molecule has 27 heavy (non-hydrogen) atoms. The van der Waals surface area contributed by atoms with Gasteiger partial charge in [0.25, 0.3) is 5.56 Å². The number of aromatic amines is 1. The third-order valence-corrected chi connectivity index (χ3v) is 4.50. The number of aromatic nitrogens is 3. The number of rotatable bonds is 4. The van der Waals surface area contributed by atoms with Crippen LogP contribution < -0.4 is 5.56 Å². The summed E-state index contributed by atoms with van der Waals surface area (Å²) in [5.74, 6) is 0. The Morgan fingerprint density at radius 2 is 2.04 bits per heavy atom. The van der Waals surface area contributed by atoms with Crippen molar-refractivity contribution in [1.29, 1.82) is 5.26 Å². The first kappa shape index (κ1) is 18.2. The molecule has 3 rings (SSSR count). The van der Waals surface area contributed by atoms with Crippen LogP contribution >= 0.6 is 0 Å². The van der Waals surface area contributed by atoms with Gasteiger partial charge in [-0.1, -0.05) is 36.9 Å². The van der Waals surface area contributed by atoms with Gasteiger partial charge in [0.05, 0.1) is 23.0 Å². The SMILES string of the molecule is C=C/C(C)=C(\C=C/C)c1[nH]n2c(=O)cc(-c3ccc(C#N)cc3)nc2c1C. The van der Waals surface area contributed by atoms with Crippen LogP contribution in [0.15, 0.2) is 65.5 Å². The van der Waals surface area contributed by atoms with Gasteiger partial charge < -0.3 is 0 Å². The van der Waals surface area contributed by atoms with Crippen LogP contribution in [0.2, 0.25) is 0 Å². The fraction of sp³-hybridized carbons (Fsp3) is 0.136. The third kappa shape index (κ3) is 3.25. The summed E-state index contributed by atoms with van der Waals surface area (Å²) in [5, 5.41) is 12.1. The van der Waals surface area contributed by atoms with Crippen LogP contribution in [0.25, 0.3) is 22.5 Å². The van der Waals surface area contributed by atoms with Gasteiger partial charge in [0.15, 0.2) is 5.65 Å². The number of benzene rings is 1. The number of allylic oxidation sites excluding steroid dienone is 5. The first-order valence-electron chi connectivity index (χ1n) is 8.59. The number of fused-ring (bicyclic) bond motifs is 1. The van der Waals surface area contributed by atoms with Crippen LogP contribution in [0, 0.1) is 18.3 Å². The molecule has 0 unspecified atom stereocenters. The molecule has 3 aromatic rings. The predicted octanol–water partition coefficient (Wildman–Crippen LogP) is 4.41. The van der Waals surface area contributed by atoms with E-state index in [1.807, 2.05) is 32.9 Å². The minimum Gasteiger partial charge on any atom is -0.289 e. The van der Waals surface area contributed by atoms with Gasteiger partial charge in [0.1, 0.15) is 0 Å². The van der Waals surface area contributed by atoms with E-state index in [9.17, 15) is 4.79 Å². The molecular formula is C22H20N4O. The number of nitriles is 1. The molecule has 1 N–H and O–H groups in total. The topological polar surface area (TPSA) is 73.9 Å². The summed E-state index contributed by atoms with van der Waals surface area (Å²) in [6, 6.07) is 10.6. The van der Waals surface area contributed by atoms with Crippen LogP contribution in [0.5, 0.6) is 0 Å². The minimum absolute atomic E-state index is 0.190. The number of hydrogen-bond donors (Lipinski definition) is 1. The molecule has 5 nitrogen and oxygen atoms in total. The van der Waals surface area contributed by atoms with E-state index in [1.54, 1.807) is 30.3 Å². The van der Waals surface area contributed by atoms with Gasteiger partial charge in [-0.05, 0) is 38.5 Å². The molecule has 0 fully saturated rings. The van der Waals surface area contributed by atoms with Gasteiger partial charge in [0, 0.05) is 22.8 Å². The van der Waals surface area contributed by atoms with Crippen molar-refractivity contribution in [2.75, 3.05) is 0 Å². The average molecular weight is 356 g/mol. The van der Waals surface area contributed by atoms with Crippen LogP contribution in [-0.2, 0) is 0 Å². The van der Waals surface area contributed by atoms with Crippen molar-refractivity contribution in [3.8, 4) is 17.3 Å². The van der Waals surface area contributed by atoms with Crippen molar-refractivity contribution >= 4 is 11.2 Å². The van der Waals surface area contributed by atoms with Crippen molar-refractivity contribution in [2.45, 2.75) is 20.8 Å². The lowest BCUT2D eigenvalue weighted by Crippen LogP contribution is -2.14. The highest BCUT2D eigenvalue weighted by atomic mass is 16.1. The van der Waals surface area contributed by atoms with E-state index in [2.05, 4.69) is 22.7 Å². The Labute approximate surface area is 157 Å². The predicted molar refractivity (Wildman–Crippen MR) is 108 cm³/mol. The first-order chi connectivity index (χ1) is 13.0. The zero-order valence-electron chi connectivity index (χ0n) is 15.6. The quantitative estimate of drug-likeness (QED) is 0.704. The van der Waals surface area contributed by atoms with Crippen LogP contribution in [0.4, 0.5) is 0 Å². The van der Waals surface area contributed by atoms with Gasteiger partial charge in [-0.3, -0.25) is 9.89 Å². The second-order valence-electron chi connectivity index (χ2n) is 6.24. The standard InChI is InChI=1S/C22H20N4O/c1-5-7-18(14(3)6-2)21-15(4)22-24-19(12-20(27)26(22)25-21)17-10-8-16(13-23)9-11-17/h5-12,25H,2H2,1,3-4H3/b7-5-,18-14+. The normalized spacial score (nSPS) is 12.2. The lowest BCUT2D eigenvalue weighted by molar-refractivity contribution is 0.894. The summed E-state index contributed by atoms with van der Waals surface area (Å²) >= 11 is 0. The maximum absolute atomic E-state index is 12.7. The lowest BCUT2D eigenvalue weighted by Gasteiger charge is -2.04. The van der Waals surface area contributed by atoms with Gasteiger partial charge in [-0.2, -0.15) is 5.26 Å². The first-order valence-corrected chi connectivity index (χ1v) is 8.59. The molecule has 0 aliphatic rings. The molecule has 0 aliphatic heterocycles. The second-order valence-corrected chi connectivity index (χ2v) is 6.24.